The second-order valence-electron chi connectivity index (χ2n) is 7.04. The Morgan fingerprint density at radius 3 is 2.66 bits per heavy atom. The van der Waals surface area contributed by atoms with Crippen molar-refractivity contribution in [2.24, 2.45) is 5.73 Å². The molecule has 0 fully saturated rings. The lowest BCUT2D eigenvalue weighted by molar-refractivity contribution is -0.129. The van der Waals surface area contributed by atoms with E-state index in [0.29, 0.717) is 38.8 Å². The first kappa shape index (κ1) is 22.4. The van der Waals surface area contributed by atoms with Gasteiger partial charge in [0.05, 0.1) is 12.1 Å². The zero-order chi connectivity index (χ0) is 21.2. The Labute approximate surface area is 171 Å². The van der Waals surface area contributed by atoms with Gasteiger partial charge in [-0.1, -0.05) is 32.0 Å². The number of hydrogen-bond acceptors (Lipinski definition) is 4. The molecule has 1 aromatic heterocycles. The molecule has 0 saturated heterocycles. The van der Waals surface area contributed by atoms with Crippen molar-refractivity contribution in [3.63, 3.8) is 0 Å². The molecule has 8 nitrogen and oxygen atoms in total. The number of ketones is 1. The van der Waals surface area contributed by atoms with Crippen molar-refractivity contribution in [1.29, 1.82) is 5.41 Å². The van der Waals surface area contributed by atoms with Crippen molar-refractivity contribution in [2.75, 3.05) is 13.1 Å². The third-order valence-corrected chi connectivity index (χ3v) is 4.90. The standard InChI is InChI=1S/C21H32N6O2/c1-3-19(28)18(12-14-13-26-16-9-6-5-8-15(14)16)27-20(29)17(24-4-2)10-7-11-25-21(22)23/h5-6,8-9,13,17-18,24,26H,3-4,7,10-12H2,1-2H3,(H,27,29)(H4,22,23,25). The quantitative estimate of drug-likeness (QED) is 0.182. The molecule has 158 valence electrons. The third kappa shape index (κ3) is 6.60. The number of amides is 1. The van der Waals surface area contributed by atoms with Gasteiger partial charge in [-0.25, -0.2) is 0 Å². The summed E-state index contributed by atoms with van der Waals surface area (Å²) in [7, 11) is 0. The van der Waals surface area contributed by atoms with E-state index in [1.807, 2.05) is 44.3 Å². The van der Waals surface area contributed by atoms with Gasteiger partial charge in [-0.3, -0.25) is 15.0 Å². The summed E-state index contributed by atoms with van der Waals surface area (Å²) in [5, 5.41) is 17.1. The molecule has 0 bridgehead atoms. The average molecular weight is 401 g/mol. The number of likely N-dealkylation sites (N-methyl/N-ethyl adjacent to an activating group) is 1. The minimum absolute atomic E-state index is 0.0112. The molecule has 1 aromatic carbocycles. The van der Waals surface area contributed by atoms with E-state index in [2.05, 4.69) is 20.9 Å². The van der Waals surface area contributed by atoms with Crippen molar-refractivity contribution < 1.29 is 9.59 Å². The summed E-state index contributed by atoms with van der Waals surface area (Å²) in [4.78, 5) is 28.6. The molecule has 0 aliphatic heterocycles. The van der Waals surface area contributed by atoms with E-state index in [0.717, 1.165) is 16.5 Å². The van der Waals surface area contributed by atoms with E-state index in [1.54, 1.807) is 0 Å². The number of hydrogen-bond donors (Lipinski definition) is 6. The summed E-state index contributed by atoms with van der Waals surface area (Å²) in [5.41, 5.74) is 7.31. The van der Waals surface area contributed by atoms with Crippen LogP contribution in [0.25, 0.3) is 10.9 Å². The first-order valence-corrected chi connectivity index (χ1v) is 10.2. The van der Waals surface area contributed by atoms with E-state index in [4.69, 9.17) is 11.1 Å². The molecule has 2 rings (SSSR count). The number of fused-ring (bicyclic) bond motifs is 1. The van der Waals surface area contributed by atoms with Gasteiger partial charge in [0, 0.05) is 36.5 Å². The number of para-hydroxylation sites is 1. The van der Waals surface area contributed by atoms with E-state index in [1.165, 1.54) is 0 Å². The Kier molecular flexibility index (Phi) is 8.67. The lowest BCUT2D eigenvalue weighted by atomic mass is 9.99. The maximum absolute atomic E-state index is 12.9. The van der Waals surface area contributed by atoms with Crippen molar-refractivity contribution in [3.8, 4) is 0 Å². The van der Waals surface area contributed by atoms with Gasteiger partial charge in [-0.2, -0.15) is 0 Å². The fraction of sp³-hybridized carbons (Fsp3) is 0.476. The highest BCUT2D eigenvalue weighted by molar-refractivity contribution is 5.92. The summed E-state index contributed by atoms with van der Waals surface area (Å²) in [5.74, 6) is -0.250. The number of nitrogens with two attached hydrogens (primary N) is 1. The summed E-state index contributed by atoms with van der Waals surface area (Å²) >= 11 is 0. The van der Waals surface area contributed by atoms with Gasteiger partial charge in [-0.05, 0) is 31.0 Å². The third-order valence-electron chi connectivity index (χ3n) is 4.90. The number of guanidine groups is 1. The molecular formula is C21H32N6O2. The largest absolute Gasteiger partial charge is 0.370 e. The fourth-order valence-corrected chi connectivity index (χ4v) is 3.39. The van der Waals surface area contributed by atoms with Crippen LogP contribution in [0.2, 0.25) is 0 Å². The Balaban J connectivity index is 2.05. The smallest absolute Gasteiger partial charge is 0.237 e. The molecule has 1 amide bonds. The van der Waals surface area contributed by atoms with Gasteiger partial charge in [0.2, 0.25) is 5.91 Å². The molecule has 0 radical (unpaired) electrons. The van der Waals surface area contributed by atoms with E-state index < -0.39 is 12.1 Å². The summed E-state index contributed by atoms with van der Waals surface area (Å²) in [6, 6.07) is 6.96. The minimum Gasteiger partial charge on any atom is -0.370 e. The van der Waals surface area contributed by atoms with Crippen LogP contribution in [0.5, 0.6) is 0 Å². The number of aromatic amines is 1. The van der Waals surface area contributed by atoms with Gasteiger partial charge < -0.3 is 26.7 Å². The Bertz CT molecular complexity index is 831. The topological polar surface area (TPSA) is 136 Å². The molecule has 2 atom stereocenters. The van der Waals surface area contributed by atoms with Crippen LogP contribution in [0.3, 0.4) is 0 Å². The highest BCUT2D eigenvalue weighted by atomic mass is 16.2. The van der Waals surface area contributed by atoms with Crippen LogP contribution in [0, 0.1) is 5.41 Å². The number of rotatable bonds is 12. The van der Waals surface area contributed by atoms with Crippen molar-refractivity contribution in [2.45, 2.75) is 51.6 Å². The van der Waals surface area contributed by atoms with E-state index in [-0.39, 0.29) is 17.6 Å². The first-order valence-electron chi connectivity index (χ1n) is 10.2. The van der Waals surface area contributed by atoms with Crippen LogP contribution >= 0.6 is 0 Å². The normalized spacial score (nSPS) is 13.0. The molecule has 7 N–H and O–H groups in total. The number of benzene rings is 1. The molecule has 0 spiro atoms. The lowest BCUT2D eigenvalue weighted by Crippen LogP contribution is -2.51. The highest BCUT2D eigenvalue weighted by Gasteiger charge is 2.25. The van der Waals surface area contributed by atoms with Crippen molar-refractivity contribution >= 4 is 28.6 Å². The number of carbonyl (C=O) groups excluding carboxylic acids is 2. The molecule has 8 heteroatoms. The molecule has 2 aromatic rings. The predicted octanol–water partition coefficient (Wildman–Crippen LogP) is 1.42. The van der Waals surface area contributed by atoms with E-state index in [9.17, 15) is 9.59 Å². The van der Waals surface area contributed by atoms with Crippen LogP contribution in [0.15, 0.2) is 30.5 Å². The predicted molar refractivity (Wildman–Crippen MR) is 116 cm³/mol. The molecule has 0 aliphatic rings. The van der Waals surface area contributed by atoms with Crippen molar-refractivity contribution in [1.82, 2.24) is 20.9 Å². The molecular weight excluding hydrogens is 368 g/mol. The van der Waals surface area contributed by atoms with E-state index >= 15 is 0 Å². The van der Waals surface area contributed by atoms with Gasteiger partial charge >= 0.3 is 0 Å². The molecule has 0 saturated carbocycles. The first-order chi connectivity index (χ1) is 14.0. The van der Waals surface area contributed by atoms with Crippen LogP contribution in [0.1, 0.15) is 38.7 Å². The number of carbonyl (C=O) groups is 2. The van der Waals surface area contributed by atoms with Gasteiger partial charge in [0.1, 0.15) is 0 Å². The minimum atomic E-state index is -0.566. The Morgan fingerprint density at radius 2 is 1.97 bits per heavy atom. The number of Topliss-reactive ketones (excluding diaryl/α,β-unsaturated/α-hetero) is 1. The summed E-state index contributed by atoms with van der Waals surface area (Å²) in [6.07, 6.45) is 3.98. The van der Waals surface area contributed by atoms with Crippen LogP contribution < -0.4 is 21.7 Å². The van der Waals surface area contributed by atoms with Gasteiger partial charge in [0.15, 0.2) is 11.7 Å². The average Bonchev–Trinajstić information content (AvgIpc) is 3.12. The van der Waals surface area contributed by atoms with Gasteiger partial charge in [-0.15, -0.1) is 0 Å². The molecule has 2 unspecified atom stereocenters. The monoisotopic (exact) mass is 400 g/mol. The highest BCUT2D eigenvalue weighted by Crippen LogP contribution is 2.19. The lowest BCUT2D eigenvalue weighted by Gasteiger charge is -2.22. The second-order valence-corrected chi connectivity index (χ2v) is 7.04. The van der Waals surface area contributed by atoms with Crippen LogP contribution in [-0.2, 0) is 16.0 Å². The van der Waals surface area contributed by atoms with Gasteiger partial charge in [0.25, 0.3) is 0 Å². The molecule has 29 heavy (non-hydrogen) atoms. The zero-order valence-electron chi connectivity index (χ0n) is 17.2. The molecule has 0 aliphatic carbocycles. The summed E-state index contributed by atoms with van der Waals surface area (Å²) in [6.45, 7) is 4.92. The second kappa shape index (κ2) is 11.2. The Hall–Kier alpha value is -2.87. The maximum atomic E-state index is 12.9. The van der Waals surface area contributed by atoms with Crippen LogP contribution in [0.4, 0.5) is 0 Å². The number of nitrogens with one attached hydrogen (secondary N) is 5. The number of H-pyrrole nitrogens is 1. The zero-order valence-corrected chi connectivity index (χ0v) is 17.2. The van der Waals surface area contributed by atoms with Crippen molar-refractivity contribution in [3.05, 3.63) is 36.0 Å². The Morgan fingerprint density at radius 1 is 1.21 bits per heavy atom. The fourth-order valence-electron chi connectivity index (χ4n) is 3.39. The number of aromatic nitrogens is 1. The SMILES string of the molecule is CCNC(CCCNC(=N)N)C(=O)NC(Cc1c[nH]c2ccccc12)C(=O)CC. The van der Waals surface area contributed by atoms with Crippen LogP contribution in [-0.4, -0.2) is 47.8 Å². The molecule has 1 heterocycles. The maximum Gasteiger partial charge on any atom is 0.237 e. The summed E-state index contributed by atoms with van der Waals surface area (Å²) < 4.78 is 0.